The lowest BCUT2D eigenvalue weighted by Crippen LogP contribution is -2.09. The van der Waals surface area contributed by atoms with Gasteiger partial charge in [0, 0.05) is 57.4 Å². The van der Waals surface area contributed by atoms with Crippen LogP contribution in [0.4, 0.5) is 17.1 Å². The Balaban J connectivity index is 1.05. The highest BCUT2D eigenvalue weighted by Gasteiger charge is 2.17. The fourth-order valence-corrected chi connectivity index (χ4v) is 10.2. The SMILES string of the molecule is c1ccc2c(c1)ccc1c3cc(-c4ccc(N(c5ccc6c(c5)sc5ccccc56)c5ccc6c(c5)sc5ccccc56)cc4)ccc3ccc21. The summed E-state index contributed by atoms with van der Waals surface area (Å²) in [6.07, 6.45) is 0. The summed E-state index contributed by atoms with van der Waals surface area (Å²) in [6.45, 7) is 0. The smallest absolute Gasteiger partial charge is 0.0476 e. The van der Waals surface area contributed by atoms with E-state index in [0.717, 1.165) is 17.1 Å². The molecule has 0 aliphatic rings. The van der Waals surface area contributed by atoms with E-state index in [9.17, 15) is 0 Å². The van der Waals surface area contributed by atoms with Gasteiger partial charge in [-0.15, -0.1) is 22.7 Å². The van der Waals surface area contributed by atoms with E-state index < -0.39 is 0 Å². The van der Waals surface area contributed by atoms with Crippen LogP contribution in [0, 0.1) is 0 Å². The average molecular weight is 684 g/mol. The van der Waals surface area contributed by atoms with Gasteiger partial charge in [0.15, 0.2) is 0 Å². The van der Waals surface area contributed by atoms with Gasteiger partial charge in [0.05, 0.1) is 0 Å². The van der Waals surface area contributed by atoms with E-state index in [4.69, 9.17) is 0 Å². The molecule has 3 heteroatoms. The maximum atomic E-state index is 2.41. The summed E-state index contributed by atoms with van der Waals surface area (Å²) in [5.41, 5.74) is 5.88. The lowest BCUT2D eigenvalue weighted by Gasteiger charge is -2.26. The second-order valence-electron chi connectivity index (χ2n) is 13.3. The summed E-state index contributed by atoms with van der Waals surface area (Å²) in [6, 6.07) is 65.1. The molecule has 0 N–H and O–H groups in total. The number of hydrogen-bond donors (Lipinski definition) is 0. The number of thiophene rings is 2. The van der Waals surface area contributed by atoms with Gasteiger partial charge in [0.2, 0.25) is 0 Å². The van der Waals surface area contributed by atoms with Gasteiger partial charge in [-0.3, -0.25) is 0 Å². The van der Waals surface area contributed by atoms with Gasteiger partial charge in [0.1, 0.15) is 0 Å². The largest absolute Gasteiger partial charge is 0.310 e. The van der Waals surface area contributed by atoms with Crippen LogP contribution in [0.1, 0.15) is 0 Å². The first-order valence-electron chi connectivity index (χ1n) is 17.3. The summed E-state index contributed by atoms with van der Waals surface area (Å²) < 4.78 is 5.25. The van der Waals surface area contributed by atoms with Gasteiger partial charge < -0.3 is 4.90 Å². The Kier molecular flexibility index (Phi) is 6.36. The fraction of sp³-hybridized carbons (Fsp3) is 0. The zero-order valence-electron chi connectivity index (χ0n) is 27.5. The Morgan fingerprint density at radius 1 is 0.275 bits per heavy atom. The van der Waals surface area contributed by atoms with Gasteiger partial charge in [-0.05, 0) is 98.0 Å². The second kappa shape index (κ2) is 11.3. The highest BCUT2D eigenvalue weighted by molar-refractivity contribution is 7.26. The quantitative estimate of drug-likeness (QED) is 0.167. The highest BCUT2D eigenvalue weighted by Crippen LogP contribution is 2.44. The van der Waals surface area contributed by atoms with Crippen LogP contribution < -0.4 is 4.90 Å². The number of fused-ring (bicyclic) bond motifs is 11. The van der Waals surface area contributed by atoms with Crippen molar-refractivity contribution in [3.8, 4) is 11.1 Å². The van der Waals surface area contributed by atoms with E-state index in [-0.39, 0.29) is 0 Å². The molecular weight excluding hydrogens is 655 g/mol. The minimum absolute atomic E-state index is 1.14. The third-order valence-corrected chi connectivity index (χ3v) is 12.7. The molecule has 11 rings (SSSR count). The van der Waals surface area contributed by atoms with E-state index in [1.165, 1.54) is 83.8 Å². The minimum atomic E-state index is 1.14. The maximum Gasteiger partial charge on any atom is 0.0476 e. The van der Waals surface area contributed by atoms with Crippen molar-refractivity contribution >= 4 is 112 Å². The molecular formula is C48H29NS2. The van der Waals surface area contributed by atoms with Gasteiger partial charge in [-0.25, -0.2) is 0 Å². The summed E-state index contributed by atoms with van der Waals surface area (Å²) in [5, 5.41) is 13.0. The van der Waals surface area contributed by atoms with Crippen molar-refractivity contribution in [2.45, 2.75) is 0 Å². The summed E-state index contributed by atoms with van der Waals surface area (Å²) in [4.78, 5) is 2.41. The number of benzene rings is 9. The van der Waals surface area contributed by atoms with Crippen molar-refractivity contribution in [3.63, 3.8) is 0 Å². The van der Waals surface area contributed by atoms with Gasteiger partial charge in [0.25, 0.3) is 0 Å². The van der Waals surface area contributed by atoms with E-state index >= 15 is 0 Å². The van der Waals surface area contributed by atoms with Crippen LogP contribution in [0.25, 0.3) is 83.8 Å². The van der Waals surface area contributed by atoms with Crippen LogP contribution in [-0.2, 0) is 0 Å². The van der Waals surface area contributed by atoms with Crippen LogP contribution in [0.5, 0.6) is 0 Å². The second-order valence-corrected chi connectivity index (χ2v) is 15.5. The molecule has 0 aliphatic heterocycles. The Bertz CT molecular complexity index is 3030. The van der Waals surface area contributed by atoms with E-state index in [1.807, 2.05) is 22.7 Å². The normalized spacial score (nSPS) is 11.9. The molecule has 0 fully saturated rings. The molecule has 0 saturated carbocycles. The van der Waals surface area contributed by atoms with Crippen LogP contribution in [0.15, 0.2) is 176 Å². The van der Waals surface area contributed by atoms with Crippen molar-refractivity contribution < 1.29 is 0 Å². The van der Waals surface area contributed by atoms with Crippen LogP contribution in [0.3, 0.4) is 0 Å². The Labute approximate surface area is 302 Å². The third-order valence-electron chi connectivity index (χ3n) is 10.4. The van der Waals surface area contributed by atoms with E-state index in [0.29, 0.717) is 0 Å². The molecule has 2 aromatic heterocycles. The number of hydrogen-bond acceptors (Lipinski definition) is 3. The van der Waals surface area contributed by atoms with Gasteiger partial charge in [-0.1, -0.05) is 121 Å². The molecule has 0 amide bonds. The monoisotopic (exact) mass is 683 g/mol. The standard InChI is InChI=1S/C48H29NS2/c1-2-8-37-31(7-1)17-24-39-38(37)23-18-32-13-14-33(27-44(32)39)30-15-19-34(20-16-30)49(35-21-25-42-40-9-3-5-11-45(40)50-47(42)28-35)36-22-26-43-41-10-4-6-12-46(41)51-48(43)29-36/h1-29H. The molecule has 238 valence electrons. The molecule has 0 unspecified atom stereocenters. The van der Waals surface area contributed by atoms with Crippen LogP contribution in [0.2, 0.25) is 0 Å². The van der Waals surface area contributed by atoms with Crippen molar-refractivity contribution in [1.29, 1.82) is 0 Å². The predicted molar refractivity (Wildman–Crippen MR) is 225 cm³/mol. The van der Waals surface area contributed by atoms with Crippen LogP contribution >= 0.6 is 22.7 Å². The summed E-state index contributed by atoms with van der Waals surface area (Å²) in [5.74, 6) is 0. The first-order chi connectivity index (χ1) is 25.2. The predicted octanol–water partition coefficient (Wildman–Crippen LogP) is 15.0. The van der Waals surface area contributed by atoms with Crippen molar-refractivity contribution in [2.75, 3.05) is 4.90 Å². The molecule has 0 radical (unpaired) electrons. The zero-order valence-corrected chi connectivity index (χ0v) is 29.1. The molecule has 9 aromatic carbocycles. The molecule has 0 spiro atoms. The number of anilines is 3. The molecule has 0 saturated heterocycles. The Hall–Kier alpha value is -6.00. The average Bonchev–Trinajstić information content (AvgIpc) is 3.75. The Morgan fingerprint density at radius 2 is 0.725 bits per heavy atom. The highest BCUT2D eigenvalue weighted by atomic mass is 32.1. The first-order valence-corrected chi connectivity index (χ1v) is 19.0. The van der Waals surface area contributed by atoms with Crippen molar-refractivity contribution in [1.82, 2.24) is 0 Å². The van der Waals surface area contributed by atoms with E-state index in [1.54, 1.807) is 0 Å². The summed E-state index contributed by atoms with van der Waals surface area (Å²) >= 11 is 3.73. The topological polar surface area (TPSA) is 3.24 Å². The molecule has 0 aliphatic carbocycles. The van der Waals surface area contributed by atoms with E-state index in [2.05, 4.69) is 181 Å². The molecule has 0 atom stereocenters. The minimum Gasteiger partial charge on any atom is -0.310 e. The molecule has 1 nitrogen and oxygen atoms in total. The number of nitrogens with zero attached hydrogens (tertiary/aromatic N) is 1. The number of rotatable bonds is 4. The van der Waals surface area contributed by atoms with Crippen LogP contribution in [-0.4, -0.2) is 0 Å². The van der Waals surface area contributed by atoms with Gasteiger partial charge in [-0.2, -0.15) is 0 Å². The summed E-state index contributed by atoms with van der Waals surface area (Å²) in [7, 11) is 0. The van der Waals surface area contributed by atoms with Gasteiger partial charge >= 0.3 is 0 Å². The lowest BCUT2D eigenvalue weighted by atomic mass is 9.94. The maximum absolute atomic E-state index is 2.41. The van der Waals surface area contributed by atoms with Crippen molar-refractivity contribution in [3.05, 3.63) is 176 Å². The fourth-order valence-electron chi connectivity index (χ4n) is 7.96. The third kappa shape index (κ3) is 4.59. The molecule has 2 heterocycles. The molecule has 11 aromatic rings. The molecule has 0 bridgehead atoms. The molecule has 51 heavy (non-hydrogen) atoms. The zero-order chi connectivity index (χ0) is 33.5. The van der Waals surface area contributed by atoms with Crippen molar-refractivity contribution in [2.24, 2.45) is 0 Å². The lowest BCUT2D eigenvalue weighted by molar-refractivity contribution is 1.30. The Morgan fingerprint density at radius 3 is 1.37 bits per heavy atom. The first kappa shape index (κ1) is 28.8.